The Hall–Kier alpha value is -4.08. The molecule has 10 nitrogen and oxygen atoms in total. The largest absolute Gasteiger partial charge is 0.507 e. The minimum absolute atomic E-state index is 0.0564. The van der Waals surface area contributed by atoms with Crippen molar-refractivity contribution in [2.45, 2.75) is 130 Å². The molecule has 0 saturated heterocycles. The van der Waals surface area contributed by atoms with Crippen LogP contribution in [0, 0.1) is 11.8 Å². The Bertz CT molecular complexity index is 1310. The van der Waals surface area contributed by atoms with Crippen LogP contribution in [0.4, 0.5) is 0 Å². The normalized spacial score (nSPS) is 12.2. The third-order valence-corrected chi connectivity index (χ3v) is 8.81. The van der Waals surface area contributed by atoms with Gasteiger partial charge < -0.3 is 10.2 Å². The highest BCUT2D eigenvalue weighted by Gasteiger charge is 2.27. The number of benzene rings is 2. The van der Waals surface area contributed by atoms with Gasteiger partial charge in [-0.05, 0) is 80.3 Å². The number of carbonyl (C=O) groups is 4. The van der Waals surface area contributed by atoms with Gasteiger partial charge in [0, 0.05) is 11.8 Å². The van der Waals surface area contributed by atoms with Crippen molar-refractivity contribution in [3.05, 3.63) is 58.7 Å². The van der Waals surface area contributed by atoms with Gasteiger partial charge in [0.2, 0.25) is 11.8 Å². The Morgan fingerprint density at radius 3 is 1.42 bits per heavy atom. The van der Waals surface area contributed by atoms with Crippen molar-refractivity contribution in [2.75, 3.05) is 0 Å². The molecule has 266 valence electrons. The second-order valence-corrected chi connectivity index (χ2v) is 12.7. The Kier molecular flexibility index (Phi) is 18.8. The summed E-state index contributed by atoms with van der Waals surface area (Å²) in [7, 11) is 0. The van der Waals surface area contributed by atoms with Gasteiger partial charge in [0.1, 0.15) is 11.5 Å². The third-order valence-electron chi connectivity index (χ3n) is 8.81. The van der Waals surface area contributed by atoms with Crippen molar-refractivity contribution in [2.24, 2.45) is 11.8 Å². The summed E-state index contributed by atoms with van der Waals surface area (Å²) in [6.45, 7) is 8.19. The molecule has 2 unspecified atom stereocenters. The summed E-state index contributed by atoms with van der Waals surface area (Å²) in [6.07, 6.45) is 14.2. The van der Waals surface area contributed by atoms with Gasteiger partial charge in [-0.25, -0.2) is 0 Å². The molecule has 0 aliphatic carbocycles. The average Bonchev–Trinajstić information content (AvgIpc) is 3.07. The Morgan fingerprint density at radius 2 is 1.00 bits per heavy atom. The molecule has 2 rings (SSSR count). The molecule has 0 heterocycles. The number of hydrogen-bond donors (Lipinski definition) is 6. The molecule has 48 heavy (non-hydrogen) atoms. The predicted octanol–water partition coefficient (Wildman–Crippen LogP) is 7.18. The number of nitrogens with one attached hydrogen (secondary N) is 4. The fourth-order valence-electron chi connectivity index (χ4n) is 5.74. The lowest BCUT2D eigenvalue weighted by Crippen LogP contribution is -2.47. The molecule has 0 aliphatic rings. The van der Waals surface area contributed by atoms with Crippen molar-refractivity contribution in [3.8, 4) is 11.5 Å². The van der Waals surface area contributed by atoms with Crippen LogP contribution in [0.1, 0.15) is 149 Å². The van der Waals surface area contributed by atoms with Crippen LogP contribution < -0.4 is 21.7 Å². The number of hydrogen-bond acceptors (Lipinski definition) is 6. The van der Waals surface area contributed by atoms with Gasteiger partial charge in [0.05, 0.1) is 11.1 Å². The van der Waals surface area contributed by atoms with E-state index in [9.17, 15) is 29.4 Å². The maximum absolute atomic E-state index is 13.3. The first kappa shape index (κ1) is 40.1. The highest BCUT2D eigenvalue weighted by Crippen LogP contribution is 2.24. The van der Waals surface area contributed by atoms with Crippen molar-refractivity contribution in [1.29, 1.82) is 0 Å². The number of carbonyl (C=O) groups excluding carboxylic acids is 4. The molecule has 4 amide bonds. The second-order valence-electron chi connectivity index (χ2n) is 12.7. The van der Waals surface area contributed by atoms with E-state index < -0.39 is 35.5 Å². The van der Waals surface area contributed by atoms with E-state index in [4.69, 9.17) is 0 Å². The zero-order chi connectivity index (χ0) is 35.3. The van der Waals surface area contributed by atoms with Crippen LogP contribution in [0.2, 0.25) is 0 Å². The zero-order valence-corrected chi connectivity index (χ0v) is 29.5. The highest BCUT2D eigenvalue weighted by atomic mass is 16.3. The van der Waals surface area contributed by atoms with Crippen LogP contribution >= 0.6 is 0 Å². The quantitative estimate of drug-likeness (QED) is 0.0612. The number of aryl methyl sites for hydroxylation is 2. The lowest BCUT2D eigenvalue weighted by Gasteiger charge is -2.22. The molecule has 0 fully saturated rings. The van der Waals surface area contributed by atoms with Crippen LogP contribution in [0.15, 0.2) is 36.4 Å². The van der Waals surface area contributed by atoms with E-state index >= 15 is 0 Å². The van der Waals surface area contributed by atoms with Crippen molar-refractivity contribution in [1.82, 2.24) is 21.7 Å². The molecule has 0 saturated carbocycles. The molecule has 6 N–H and O–H groups in total. The van der Waals surface area contributed by atoms with E-state index in [1.807, 2.05) is 19.1 Å². The van der Waals surface area contributed by atoms with Crippen molar-refractivity contribution in [3.63, 3.8) is 0 Å². The lowest BCUT2D eigenvalue weighted by molar-refractivity contribution is -0.129. The monoisotopic (exact) mass is 666 g/mol. The Balaban J connectivity index is 1.96. The zero-order valence-electron chi connectivity index (χ0n) is 29.5. The number of phenolic OH excluding ortho intramolecular Hbond substituents is 2. The summed E-state index contributed by atoms with van der Waals surface area (Å²) in [5.74, 6) is -3.61. The Morgan fingerprint density at radius 1 is 0.562 bits per heavy atom. The summed E-state index contributed by atoms with van der Waals surface area (Å²) >= 11 is 0. The van der Waals surface area contributed by atoms with Gasteiger partial charge in [-0.2, -0.15) is 0 Å². The van der Waals surface area contributed by atoms with E-state index in [-0.39, 0.29) is 29.0 Å². The van der Waals surface area contributed by atoms with E-state index in [0.29, 0.717) is 12.8 Å². The van der Waals surface area contributed by atoms with Gasteiger partial charge >= 0.3 is 0 Å². The summed E-state index contributed by atoms with van der Waals surface area (Å²) in [5.41, 5.74) is 11.8. The molecule has 0 aliphatic heterocycles. The minimum Gasteiger partial charge on any atom is -0.507 e. The third kappa shape index (κ3) is 14.0. The molecule has 10 heteroatoms. The number of amides is 4. The maximum Gasteiger partial charge on any atom is 0.273 e. The van der Waals surface area contributed by atoms with Crippen LogP contribution in [0.25, 0.3) is 0 Å². The first-order chi connectivity index (χ1) is 23.1. The topological polar surface area (TPSA) is 157 Å². The van der Waals surface area contributed by atoms with E-state index in [0.717, 1.165) is 94.6 Å². The smallest absolute Gasteiger partial charge is 0.273 e. The lowest BCUT2D eigenvalue weighted by atomic mass is 9.88. The minimum atomic E-state index is -0.638. The van der Waals surface area contributed by atoms with Gasteiger partial charge in [0.25, 0.3) is 11.8 Å². The summed E-state index contributed by atoms with van der Waals surface area (Å²) in [5, 5.41) is 20.9. The molecular formula is C38H58N4O6. The fourth-order valence-corrected chi connectivity index (χ4v) is 5.74. The summed E-state index contributed by atoms with van der Waals surface area (Å²) in [6, 6.07) is 9.90. The van der Waals surface area contributed by atoms with Gasteiger partial charge in [-0.1, -0.05) is 97.6 Å². The fraction of sp³-hybridized carbons (Fsp3) is 0.579. The maximum atomic E-state index is 13.3. The number of phenols is 2. The van der Waals surface area contributed by atoms with Crippen LogP contribution in [0.5, 0.6) is 11.5 Å². The number of unbranched alkanes of at least 4 members (excludes halogenated alkanes) is 8. The average molecular weight is 667 g/mol. The Labute approximate surface area is 286 Å². The van der Waals surface area contributed by atoms with E-state index in [2.05, 4.69) is 42.5 Å². The molecule has 0 bridgehead atoms. The molecule has 2 aromatic carbocycles. The number of aromatic hydroxyl groups is 2. The molecule has 2 atom stereocenters. The number of hydrazine groups is 2. The van der Waals surface area contributed by atoms with Gasteiger partial charge in [-0.3, -0.25) is 40.9 Å². The molecular weight excluding hydrogens is 608 g/mol. The van der Waals surface area contributed by atoms with Crippen molar-refractivity contribution >= 4 is 23.6 Å². The molecule has 2 aromatic rings. The SMILES string of the molecule is CCCCCCc1ccc(C(=O)NNC(=O)C(CC)CC(CCCCC)C(=O)NNC(=O)c2ccc(CCCCCC)cc2O)c(O)c1. The number of rotatable bonds is 21. The first-order valence-electron chi connectivity index (χ1n) is 18.0. The molecule has 0 aromatic heterocycles. The standard InChI is InChI=1S/C38H58N4O6/c1-5-9-12-15-17-27-20-22-31(33(43)24-27)37(47)41-39-35(45)29(8-4)26-30(19-14-11-7-3)36(46)40-42-38(48)32-23-21-28(25-34(32)44)18-16-13-10-6-2/h20-25,29-30,43-44H,5-19,26H2,1-4H3,(H,39,45)(H,40,46)(H,41,47)(H,42,48). The van der Waals surface area contributed by atoms with Crippen molar-refractivity contribution < 1.29 is 29.4 Å². The highest BCUT2D eigenvalue weighted by molar-refractivity contribution is 5.98. The van der Waals surface area contributed by atoms with E-state index in [1.54, 1.807) is 24.3 Å². The molecule has 0 spiro atoms. The van der Waals surface area contributed by atoms with Gasteiger partial charge in [0.15, 0.2) is 0 Å². The van der Waals surface area contributed by atoms with Crippen LogP contribution in [-0.4, -0.2) is 33.8 Å². The molecule has 0 radical (unpaired) electrons. The van der Waals surface area contributed by atoms with E-state index in [1.165, 1.54) is 0 Å². The summed E-state index contributed by atoms with van der Waals surface area (Å²) in [4.78, 5) is 51.9. The first-order valence-corrected chi connectivity index (χ1v) is 18.0. The summed E-state index contributed by atoms with van der Waals surface area (Å²) < 4.78 is 0. The van der Waals surface area contributed by atoms with Gasteiger partial charge in [-0.15, -0.1) is 0 Å². The predicted molar refractivity (Wildman–Crippen MR) is 189 cm³/mol. The van der Waals surface area contributed by atoms with Crippen LogP contribution in [0.3, 0.4) is 0 Å². The van der Waals surface area contributed by atoms with Crippen LogP contribution in [-0.2, 0) is 22.4 Å². The second kappa shape index (κ2) is 22.5.